The lowest BCUT2D eigenvalue weighted by molar-refractivity contribution is -0.140. The fourth-order valence-electron chi connectivity index (χ4n) is 5.41. The summed E-state index contributed by atoms with van der Waals surface area (Å²) in [5.41, 5.74) is 4.58. The topological polar surface area (TPSA) is 152 Å². The monoisotopic (exact) mass is 586 g/mol. The number of methoxy groups -OCH3 is 2. The first kappa shape index (κ1) is 31.4. The summed E-state index contributed by atoms with van der Waals surface area (Å²) >= 11 is 0. The Balaban J connectivity index is 1.28. The summed E-state index contributed by atoms with van der Waals surface area (Å²) in [6, 6.07) is 0. The zero-order valence-corrected chi connectivity index (χ0v) is 24.0. The lowest BCUT2D eigenvalue weighted by Gasteiger charge is -2.28. The minimum Gasteiger partial charge on any atom is -0.481 e. The maximum Gasteiger partial charge on any atom is 0.303 e. The molecular weight excluding hydrogens is 548 g/mol. The SMILES string of the molecule is C=C(COC1C=C2CN(C(=O)CCC(=O)O)CC2=CC1OC)COC1C=C2CN(C(=O)CCC(=O)O)CC2=CC1OC. The van der Waals surface area contributed by atoms with Crippen LogP contribution in [-0.4, -0.2) is 122 Å². The number of carboxylic acid groups (broad SMARTS) is 2. The first-order valence-electron chi connectivity index (χ1n) is 13.9. The Kier molecular flexibility index (Phi) is 10.5. The van der Waals surface area contributed by atoms with Gasteiger partial charge in [-0.2, -0.15) is 0 Å². The van der Waals surface area contributed by atoms with Gasteiger partial charge < -0.3 is 39.0 Å². The van der Waals surface area contributed by atoms with Gasteiger partial charge >= 0.3 is 11.9 Å². The van der Waals surface area contributed by atoms with Gasteiger partial charge in [0, 0.05) is 53.2 Å². The third kappa shape index (κ3) is 7.82. The van der Waals surface area contributed by atoms with Crippen molar-refractivity contribution < 1.29 is 48.3 Å². The fraction of sp³-hybridized carbons (Fsp3) is 0.533. The van der Waals surface area contributed by atoms with Crippen LogP contribution in [0.3, 0.4) is 0 Å². The Morgan fingerprint density at radius 3 is 1.31 bits per heavy atom. The molecule has 42 heavy (non-hydrogen) atoms. The lowest BCUT2D eigenvalue weighted by atomic mass is 9.96. The zero-order chi connectivity index (χ0) is 30.4. The molecule has 2 aliphatic carbocycles. The Hall–Kier alpha value is -3.58. The van der Waals surface area contributed by atoms with Gasteiger partial charge in [-0.25, -0.2) is 0 Å². The molecule has 0 bridgehead atoms. The number of aliphatic carboxylic acids is 2. The van der Waals surface area contributed by atoms with Crippen LogP contribution in [0.25, 0.3) is 0 Å². The summed E-state index contributed by atoms with van der Waals surface area (Å²) in [6.45, 7) is 6.16. The molecule has 12 heteroatoms. The van der Waals surface area contributed by atoms with Gasteiger partial charge in [0.25, 0.3) is 0 Å². The molecular formula is C30H38N2O10. The van der Waals surface area contributed by atoms with E-state index in [-0.39, 0.29) is 62.9 Å². The lowest BCUT2D eigenvalue weighted by Crippen LogP contribution is -2.33. The number of carbonyl (C=O) groups is 4. The second-order valence-electron chi connectivity index (χ2n) is 10.8. The molecule has 0 saturated carbocycles. The van der Waals surface area contributed by atoms with Crippen molar-refractivity contribution in [3.05, 3.63) is 58.7 Å². The summed E-state index contributed by atoms with van der Waals surface area (Å²) in [4.78, 5) is 49.7. The Morgan fingerprint density at radius 1 is 0.667 bits per heavy atom. The number of rotatable bonds is 14. The molecule has 2 aliphatic heterocycles. The van der Waals surface area contributed by atoms with Gasteiger partial charge in [-0.15, -0.1) is 0 Å². The van der Waals surface area contributed by atoms with Crippen molar-refractivity contribution in [2.75, 3.05) is 53.6 Å². The predicted octanol–water partition coefficient (Wildman–Crippen LogP) is 1.49. The first-order valence-corrected chi connectivity index (χ1v) is 13.9. The summed E-state index contributed by atoms with van der Waals surface area (Å²) in [7, 11) is 3.18. The van der Waals surface area contributed by atoms with Crippen molar-refractivity contribution in [1.82, 2.24) is 9.80 Å². The molecule has 4 unspecified atom stereocenters. The van der Waals surface area contributed by atoms with Gasteiger partial charge in [-0.1, -0.05) is 6.58 Å². The van der Waals surface area contributed by atoms with Crippen LogP contribution in [0.2, 0.25) is 0 Å². The van der Waals surface area contributed by atoms with E-state index < -0.39 is 24.1 Å². The van der Waals surface area contributed by atoms with Crippen LogP contribution in [-0.2, 0) is 38.1 Å². The van der Waals surface area contributed by atoms with Crippen molar-refractivity contribution in [2.45, 2.75) is 50.1 Å². The van der Waals surface area contributed by atoms with E-state index in [0.717, 1.165) is 22.3 Å². The van der Waals surface area contributed by atoms with Crippen LogP contribution in [0.4, 0.5) is 0 Å². The quantitative estimate of drug-likeness (QED) is 0.286. The molecule has 0 aromatic rings. The van der Waals surface area contributed by atoms with Crippen molar-refractivity contribution in [1.29, 1.82) is 0 Å². The largest absolute Gasteiger partial charge is 0.481 e. The molecule has 0 aromatic heterocycles. The number of fused-ring (bicyclic) bond motifs is 2. The van der Waals surface area contributed by atoms with Crippen LogP contribution in [0.5, 0.6) is 0 Å². The number of carboxylic acids is 2. The number of ether oxygens (including phenoxy) is 4. The molecule has 228 valence electrons. The van der Waals surface area contributed by atoms with Crippen LogP contribution in [0, 0.1) is 0 Å². The Morgan fingerprint density at radius 2 is 1.00 bits per heavy atom. The van der Waals surface area contributed by atoms with Gasteiger partial charge in [0.1, 0.15) is 24.4 Å². The molecule has 4 rings (SSSR count). The van der Waals surface area contributed by atoms with E-state index in [9.17, 15) is 19.2 Å². The smallest absolute Gasteiger partial charge is 0.303 e. The highest BCUT2D eigenvalue weighted by molar-refractivity contribution is 5.83. The van der Waals surface area contributed by atoms with Gasteiger partial charge in [-0.05, 0) is 52.2 Å². The highest BCUT2D eigenvalue weighted by Gasteiger charge is 2.34. The Labute approximate surface area is 244 Å². The minimum absolute atomic E-state index is 0.0365. The Bertz CT molecular complexity index is 1140. The predicted molar refractivity (Wildman–Crippen MR) is 149 cm³/mol. The fourth-order valence-corrected chi connectivity index (χ4v) is 5.41. The standard InChI is InChI=1S/C30H38N2O10/c1-18(16-41-25-10-21-14-31(27(33)4-6-29(35)36)12-19(21)8-23(25)39-2)17-42-26-11-22-15-32(28(34)5-7-30(37)38)13-20(22)9-24(26)40-3/h8-11,23-26H,1,4-7,12-17H2,2-3H3,(H,35,36)(H,37,38). The van der Waals surface area contributed by atoms with E-state index >= 15 is 0 Å². The van der Waals surface area contributed by atoms with Gasteiger partial charge in [-0.3, -0.25) is 19.2 Å². The minimum atomic E-state index is -0.999. The molecule has 12 nitrogen and oxygen atoms in total. The molecule has 2 saturated heterocycles. The molecule has 4 atom stereocenters. The number of hydrogen-bond acceptors (Lipinski definition) is 8. The van der Waals surface area contributed by atoms with E-state index in [1.807, 2.05) is 24.3 Å². The third-order valence-corrected chi connectivity index (χ3v) is 7.69. The summed E-state index contributed by atoms with van der Waals surface area (Å²) in [6.07, 6.45) is 5.85. The summed E-state index contributed by atoms with van der Waals surface area (Å²) in [5.74, 6) is -2.40. The number of nitrogens with zero attached hydrogens (tertiary/aromatic N) is 2. The second kappa shape index (κ2) is 14.1. The van der Waals surface area contributed by atoms with E-state index in [4.69, 9.17) is 29.2 Å². The zero-order valence-electron chi connectivity index (χ0n) is 24.0. The maximum absolute atomic E-state index is 12.4. The van der Waals surface area contributed by atoms with Crippen molar-refractivity contribution >= 4 is 23.8 Å². The average Bonchev–Trinajstić information content (AvgIpc) is 3.58. The second-order valence-corrected chi connectivity index (χ2v) is 10.8. The van der Waals surface area contributed by atoms with Crippen molar-refractivity contribution in [2.24, 2.45) is 0 Å². The summed E-state index contributed by atoms with van der Waals surface area (Å²) in [5, 5.41) is 17.7. The third-order valence-electron chi connectivity index (χ3n) is 7.69. The van der Waals surface area contributed by atoms with Gasteiger partial charge in [0.15, 0.2) is 0 Å². The van der Waals surface area contributed by atoms with Gasteiger partial charge in [0.2, 0.25) is 11.8 Å². The highest BCUT2D eigenvalue weighted by atomic mass is 16.5. The number of amides is 2. The van der Waals surface area contributed by atoms with Crippen LogP contribution < -0.4 is 0 Å². The molecule has 0 radical (unpaired) electrons. The van der Waals surface area contributed by atoms with E-state index in [2.05, 4.69) is 6.58 Å². The van der Waals surface area contributed by atoms with Gasteiger partial charge in [0.05, 0.1) is 26.1 Å². The van der Waals surface area contributed by atoms with Crippen LogP contribution >= 0.6 is 0 Å². The number of hydrogen-bond donors (Lipinski definition) is 2. The van der Waals surface area contributed by atoms with Crippen molar-refractivity contribution in [3.63, 3.8) is 0 Å². The number of likely N-dealkylation sites (tertiary alicyclic amines) is 2. The molecule has 2 heterocycles. The molecule has 0 aromatic carbocycles. The highest BCUT2D eigenvalue weighted by Crippen LogP contribution is 2.31. The van der Waals surface area contributed by atoms with E-state index in [1.165, 1.54) is 0 Å². The molecule has 4 aliphatic rings. The normalized spacial score (nSPS) is 24.7. The average molecular weight is 587 g/mol. The molecule has 2 amide bonds. The first-order chi connectivity index (χ1) is 20.1. The summed E-state index contributed by atoms with van der Waals surface area (Å²) < 4.78 is 23.5. The number of carbonyl (C=O) groups excluding carboxylic acids is 2. The van der Waals surface area contributed by atoms with E-state index in [1.54, 1.807) is 24.0 Å². The maximum atomic E-state index is 12.4. The van der Waals surface area contributed by atoms with Crippen LogP contribution in [0.1, 0.15) is 25.7 Å². The van der Waals surface area contributed by atoms with Crippen LogP contribution in [0.15, 0.2) is 58.7 Å². The van der Waals surface area contributed by atoms with Crippen molar-refractivity contribution in [3.8, 4) is 0 Å². The van der Waals surface area contributed by atoms with E-state index in [0.29, 0.717) is 31.8 Å². The molecule has 2 fully saturated rings. The molecule has 0 spiro atoms. The molecule has 2 N–H and O–H groups in total.